The van der Waals surface area contributed by atoms with Gasteiger partial charge in [-0.1, -0.05) is 103 Å². The normalized spacial score (nSPS) is 12.1. The Balaban J connectivity index is 1.67. The topological polar surface area (TPSA) is 46.8 Å². The van der Waals surface area contributed by atoms with Crippen LogP contribution in [0.3, 0.4) is 0 Å². The van der Waals surface area contributed by atoms with Crippen molar-refractivity contribution in [1.82, 2.24) is 25.1 Å². The molecule has 4 aromatic carbocycles. The third-order valence-electron chi connectivity index (χ3n) is 6.40. The van der Waals surface area contributed by atoms with Crippen LogP contribution in [0.4, 0.5) is 0 Å². The zero-order valence-corrected chi connectivity index (χ0v) is 21.2. The second-order valence-electron chi connectivity index (χ2n) is 9.02. The van der Waals surface area contributed by atoms with Crippen molar-refractivity contribution in [3.05, 3.63) is 142 Å². The van der Waals surface area contributed by atoms with E-state index < -0.39 is 0 Å². The predicted molar refractivity (Wildman–Crippen MR) is 144 cm³/mol. The van der Waals surface area contributed by atoms with Crippen molar-refractivity contribution in [2.45, 2.75) is 33.0 Å². The van der Waals surface area contributed by atoms with Crippen LogP contribution in [0.2, 0.25) is 5.02 Å². The SMILES string of the molecule is Cc1cccc(C)c1-n1nnnc1[C@@H](c1ccc(Cl)cc1)N(Cc1ccccc1)Cc1ccccc1. The van der Waals surface area contributed by atoms with Crippen molar-refractivity contribution in [2.24, 2.45) is 0 Å². The molecule has 0 fully saturated rings. The number of hydrogen-bond donors (Lipinski definition) is 0. The van der Waals surface area contributed by atoms with Crippen molar-refractivity contribution in [1.29, 1.82) is 0 Å². The Morgan fingerprint density at radius 2 is 1.28 bits per heavy atom. The van der Waals surface area contributed by atoms with E-state index in [-0.39, 0.29) is 6.04 Å². The smallest absolute Gasteiger partial charge is 0.178 e. The molecule has 0 bridgehead atoms. The number of hydrogen-bond acceptors (Lipinski definition) is 4. The molecule has 5 aromatic rings. The van der Waals surface area contributed by atoms with Gasteiger partial charge in [-0.15, -0.1) is 5.10 Å². The fourth-order valence-corrected chi connectivity index (χ4v) is 4.83. The maximum absolute atomic E-state index is 6.29. The molecule has 1 atom stereocenters. The van der Waals surface area contributed by atoms with E-state index in [1.807, 2.05) is 28.9 Å². The third-order valence-corrected chi connectivity index (χ3v) is 6.65. The number of rotatable bonds is 8. The van der Waals surface area contributed by atoms with Gasteiger partial charge in [0.15, 0.2) is 5.82 Å². The van der Waals surface area contributed by atoms with Gasteiger partial charge in [0.05, 0.1) is 11.7 Å². The number of nitrogens with zero attached hydrogens (tertiary/aromatic N) is 5. The molecule has 0 aliphatic carbocycles. The minimum Gasteiger partial charge on any atom is -0.281 e. The lowest BCUT2D eigenvalue weighted by molar-refractivity contribution is 0.197. The highest BCUT2D eigenvalue weighted by Crippen LogP contribution is 2.33. The summed E-state index contributed by atoms with van der Waals surface area (Å²) in [6, 6.07) is 35.1. The quantitative estimate of drug-likeness (QED) is 0.240. The molecular weight excluding hydrogens is 466 g/mol. The average Bonchev–Trinajstić information content (AvgIpc) is 3.35. The standard InChI is InChI=1S/C30H28ClN5/c1-22-10-9-11-23(2)28(22)36-30(32-33-34-36)29(26-16-18-27(31)19-17-26)35(20-24-12-5-3-6-13-24)21-25-14-7-4-8-15-25/h3-19,29H,20-21H2,1-2H3/t29-/m1/s1. The summed E-state index contributed by atoms with van der Waals surface area (Å²) < 4.78 is 1.90. The highest BCUT2D eigenvalue weighted by molar-refractivity contribution is 6.30. The highest BCUT2D eigenvalue weighted by atomic mass is 35.5. The Labute approximate surface area is 217 Å². The molecule has 0 aliphatic rings. The number of aryl methyl sites for hydroxylation is 2. The number of tetrazole rings is 1. The Hall–Kier alpha value is -3.80. The second kappa shape index (κ2) is 10.9. The molecular formula is C30H28ClN5. The van der Waals surface area contributed by atoms with Gasteiger partial charge in [-0.2, -0.15) is 4.68 Å². The summed E-state index contributed by atoms with van der Waals surface area (Å²) in [5, 5.41) is 13.9. The molecule has 0 unspecified atom stereocenters. The van der Waals surface area contributed by atoms with E-state index in [0.29, 0.717) is 5.02 Å². The van der Waals surface area contributed by atoms with Crippen LogP contribution in [0.5, 0.6) is 0 Å². The second-order valence-corrected chi connectivity index (χ2v) is 9.46. The minimum absolute atomic E-state index is 0.211. The number of benzene rings is 4. The van der Waals surface area contributed by atoms with Crippen molar-refractivity contribution >= 4 is 11.6 Å². The van der Waals surface area contributed by atoms with E-state index in [2.05, 4.69) is 113 Å². The lowest BCUT2D eigenvalue weighted by Gasteiger charge is -2.32. The van der Waals surface area contributed by atoms with E-state index in [9.17, 15) is 0 Å². The number of halogens is 1. The van der Waals surface area contributed by atoms with E-state index in [0.717, 1.165) is 41.3 Å². The van der Waals surface area contributed by atoms with Crippen LogP contribution in [-0.2, 0) is 13.1 Å². The lowest BCUT2D eigenvalue weighted by Crippen LogP contribution is -2.31. The maximum atomic E-state index is 6.29. The molecule has 5 nitrogen and oxygen atoms in total. The monoisotopic (exact) mass is 493 g/mol. The van der Waals surface area contributed by atoms with Gasteiger partial charge in [-0.05, 0) is 64.2 Å². The van der Waals surface area contributed by atoms with E-state index >= 15 is 0 Å². The first-order valence-corrected chi connectivity index (χ1v) is 12.4. The maximum Gasteiger partial charge on any atom is 0.178 e. The van der Waals surface area contributed by atoms with E-state index in [1.54, 1.807) is 0 Å². The molecule has 0 aliphatic heterocycles. The van der Waals surface area contributed by atoms with Gasteiger partial charge in [0, 0.05) is 18.1 Å². The van der Waals surface area contributed by atoms with Crippen LogP contribution < -0.4 is 0 Å². The Kier molecular flexibility index (Phi) is 7.21. The molecule has 5 rings (SSSR count). The molecule has 0 N–H and O–H groups in total. The summed E-state index contributed by atoms with van der Waals surface area (Å²) >= 11 is 6.29. The Morgan fingerprint density at radius 3 is 1.83 bits per heavy atom. The van der Waals surface area contributed by atoms with E-state index in [1.165, 1.54) is 11.1 Å². The summed E-state index contributed by atoms with van der Waals surface area (Å²) in [6.45, 7) is 5.64. The van der Waals surface area contributed by atoms with Crippen LogP contribution in [0.1, 0.15) is 39.7 Å². The third kappa shape index (κ3) is 5.23. The lowest BCUT2D eigenvalue weighted by atomic mass is 10.0. The molecule has 0 saturated heterocycles. The summed E-state index contributed by atoms with van der Waals surface area (Å²) in [6.07, 6.45) is 0. The molecule has 0 spiro atoms. The fourth-order valence-electron chi connectivity index (χ4n) is 4.71. The highest BCUT2D eigenvalue weighted by Gasteiger charge is 2.29. The molecule has 1 heterocycles. The fraction of sp³-hybridized carbons (Fsp3) is 0.167. The predicted octanol–water partition coefficient (Wildman–Crippen LogP) is 6.72. The van der Waals surface area contributed by atoms with Crippen LogP contribution in [0.15, 0.2) is 103 Å². The van der Waals surface area contributed by atoms with Crippen LogP contribution in [0.25, 0.3) is 5.69 Å². The summed E-state index contributed by atoms with van der Waals surface area (Å²) in [5.74, 6) is 0.765. The first kappa shape index (κ1) is 23.9. The Morgan fingerprint density at radius 1 is 0.722 bits per heavy atom. The molecule has 36 heavy (non-hydrogen) atoms. The van der Waals surface area contributed by atoms with Crippen molar-refractivity contribution in [2.75, 3.05) is 0 Å². The van der Waals surface area contributed by atoms with Gasteiger partial charge in [-0.25, -0.2) is 0 Å². The van der Waals surface area contributed by atoms with Gasteiger partial charge < -0.3 is 0 Å². The summed E-state index contributed by atoms with van der Waals surface area (Å²) in [5.41, 5.74) is 6.77. The van der Waals surface area contributed by atoms with Crippen LogP contribution in [-0.4, -0.2) is 25.1 Å². The molecule has 0 radical (unpaired) electrons. The minimum atomic E-state index is -0.211. The van der Waals surface area contributed by atoms with E-state index in [4.69, 9.17) is 11.6 Å². The van der Waals surface area contributed by atoms with Crippen molar-refractivity contribution in [3.8, 4) is 5.69 Å². The van der Waals surface area contributed by atoms with Crippen LogP contribution in [0, 0.1) is 13.8 Å². The van der Waals surface area contributed by atoms with Crippen molar-refractivity contribution < 1.29 is 0 Å². The van der Waals surface area contributed by atoms with Gasteiger partial charge in [-0.3, -0.25) is 4.90 Å². The van der Waals surface area contributed by atoms with Gasteiger partial charge in [0.1, 0.15) is 0 Å². The first-order chi connectivity index (χ1) is 17.6. The largest absolute Gasteiger partial charge is 0.281 e. The summed E-state index contributed by atoms with van der Waals surface area (Å²) in [4.78, 5) is 2.42. The number of para-hydroxylation sites is 1. The summed E-state index contributed by atoms with van der Waals surface area (Å²) in [7, 11) is 0. The van der Waals surface area contributed by atoms with Gasteiger partial charge in [0.2, 0.25) is 0 Å². The first-order valence-electron chi connectivity index (χ1n) is 12.0. The molecule has 1 aromatic heterocycles. The van der Waals surface area contributed by atoms with Gasteiger partial charge in [0.25, 0.3) is 0 Å². The zero-order valence-electron chi connectivity index (χ0n) is 20.4. The molecule has 180 valence electrons. The molecule has 6 heteroatoms. The molecule has 0 saturated carbocycles. The zero-order chi connectivity index (χ0) is 24.9. The van der Waals surface area contributed by atoms with Crippen LogP contribution >= 0.6 is 11.6 Å². The Bertz CT molecular complexity index is 1350. The average molecular weight is 494 g/mol. The van der Waals surface area contributed by atoms with Gasteiger partial charge >= 0.3 is 0 Å². The number of aromatic nitrogens is 4. The van der Waals surface area contributed by atoms with Crippen molar-refractivity contribution in [3.63, 3.8) is 0 Å². The molecule has 0 amide bonds.